The van der Waals surface area contributed by atoms with Crippen molar-refractivity contribution in [2.45, 2.75) is 39.2 Å². The van der Waals surface area contributed by atoms with Crippen LogP contribution in [0.4, 0.5) is 14.6 Å². The summed E-state index contributed by atoms with van der Waals surface area (Å²) in [6.07, 6.45) is 1.75. The summed E-state index contributed by atoms with van der Waals surface area (Å²) in [7, 11) is 0. The van der Waals surface area contributed by atoms with Crippen molar-refractivity contribution in [3.8, 4) is 5.88 Å². The molecule has 2 N–H and O–H groups in total. The van der Waals surface area contributed by atoms with E-state index in [-0.39, 0.29) is 17.5 Å². The highest BCUT2D eigenvalue weighted by molar-refractivity contribution is 5.94. The van der Waals surface area contributed by atoms with Gasteiger partial charge in [0.15, 0.2) is 6.61 Å². The molecule has 2 aromatic heterocycles. The van der Waals surface area contributed by atoms with Gasteiger partial charge in [0.05, 0.1) is 6.04 Å². The Balaban J connectivity index is 1.98. The van der Waals surface area contributed by atoms with E-state index in [1.165, 1.54) is 18.3 Å². The van der Waals surface area contributed by atoms with E-state index in [1.54, 1.807) is 32.0 Å². The van der Waals surface area contributed by atoms with E-state index < -0.39 is 24.5 Å². The van der Waals surface area contributed by atoms with Crippen LogP contribution in [0.25, 0.3) is 0 Å². The molecule has 2 heterocycles. The number of halogens is 2. The van der Waals surface area contributed by atoms with Crippen molar-refractivity contribution in [3.63, 3.8) is 0 Å². The van der Waals surface area contributed by atoms with Gasteiger partial charge in [-0.3, -0.25) is 9.59 Å². The number of carbonyl (C=O) groups is 2. The summed E-state index contributed by atoms with van der Waals surface area (Å²) in [6, 6.07) is 7.43. The zero-order valence-electron chi connectivity index (χ0n) is 15.8. The number of ether oxygens (including phenoxy) is 1. The number of pyridine rings is 2. The lowest BCUT2D eigenvalue weighted by molar-refractivity contribution is -0.115. The monoisotopic (exact) mass is 392 g/mol. The molecule has 0 bridgehead atoms. The first-order valence-electron chi connectivity index (χ1n) is 8.72. The lowest BCUT2D eigenvalue weighted by Gasteiger charge is -2.15. The van der Waals surface area contributed by atoms with Gasteiger partial charge in [-0.25, -0.2) is 18.7 Å². The Morgan fingerprint density at radius 1 is 1.25 bits per heavy atom. The largest absolute Gasteiger partial charge is 0.471 e. The van der Waals surface area contributed by atoms with Gasteiger partial charge >= 0.3 is 0 Å². The Hall–Kier alpha value is -3.10. The highest BCUT2D eigenvalue weighted by Crippen LogP contribution is 2.18. The van der Waals surface area contributed by atoms with Gasteiger partial charge in [0, 0.05) is 25.6 Å². The second-order valence-electron chi connectivity index (χ2n) is 6.29. The van der Waals surface area contributed by atoms with Crippen LogP contribution < -0.4 is 15.4 Å². The number of nitrogens with one attached hydrogen (secondary N) is 2. The normalized spacial score (nSPS) is 12.2. The highest BCUT2D eigenvalue weighted by Gasteiger charge is 2.22. The molecule has 1 atom stereocenters. The Kier molecular flexibility index (Phi) is 6.97. The summed E-state index contributed by atoms with van der Waals surface area (Å²) < 4.78 is 30.5. The molecular formula is C19H22F2N4O3. The fourth-order valence-electron chi connectivity index (χ4n) is 2.15. The van der Waals surface area contributed by atoms with Crippen molar-refractivity contribution in [2.75, 3.05) is 11.9 Å². The summed E-state index contributed by atoms with van der Waals surface area (Å²) in [4.78, 5) is 31.9. The van der Waals surface area contributed by atoms with Gasteiger partial charge in [-0.05, 0) is 24.6 Å². The Bertz CT molecular complexity index is 823. The number of nitrogens with zero attached hydrogens (tertiary/aromatic N) is 2. The van der Waals surface area contributed by atoms with Gasteiger partial charge in [-0.15, -0.1) is 0 Å². The molecule has 0 saturated heterocycles. The molecule has 28 heavy (non-hydrogen) atoms. The van der Waals surface area contributed by atoms with Crippen LogP contribution in [-0.2, 0) is 4.79 Å². The van der Waals surface area contributed by atoms with Crippen LogP contribution in [-0.4, -0.2) is 34.3 Å². The molecule has 0 aliphatic carbocycles. The molecule has 150 valence electrons. The molecular weight excluding hydrogens is 370 g/mol. The van der Waals surface area contributed by atoms with E-state index in [4.69, 9.17) is 4.74 Å². The first kappa shape index (κ1) is 21.2. The van der Waals surface area contributed by atoms with Crippen molar-refractivity contribution in [2.24, 2.45) is 0 Å². The van der Waals surface area contributed by atoms with Crippen LogP contribution in [0, 0.1) is 0 Å². The molecule has 9 heteroatoms. The van der Waals surface area contributed by atoms with Gasteiger partial charge in [0.1, 0.15) is 11.5 Å². The maximum Gasteiger partial charge on any atom is 0.278 e. The van der Waals surface area contributed by atoms with Crippen LogP contribution in [0.5, 0.6) is 5.88 Å². The Labute approximate surface area is 161 Å². The van der Waals surface area contributed by atoms with E-state index in [9.17, 15) is 18.4 Å². The number of amides is 2. The minimum Gasteiger partial charge on any atom is -0.471 e. The van der Waals surface area contributed by atoms with Gasteiger partial charge in [0.25, 0.3) is 11.8 Å². The van der Waals surface area contributed by atoms with Crippen molar-refractivity contribution in [3.05, 3.63) is 47.8 Å². The molecule has 0 aromatic carbocycles. The molecule has 0 saturated carbocycles. The lowest BCUT2D eigenvalue weighted by atomic mass is 10.1. The van der Waals surface area contributed by atoms with E-state index in [1.807, 2.05) is 0 Å². The number of carbonyl (C=O) groups excluding carboxylic acids is 2. The number of alkyl halides is 2. The fourth-order valence-corrected chi connectivity index (χ4v) is 2.15. The van der Waals surface area contributed by atoms with Gasteiger partial charge in [-0.1, -0.05) is 19.1 Å². The van der Waals surface area contributed by atoms with Crippen LogP contribution >= 0.6 is 0 Å². The maximum absolute atomic E-state index is 12.8. The number of rotatable bonds is 8. The smallest absolute Gasteiger partial charge is 0.278 e. The first-order chi connectivity index (χ1) is 13.2. The molecule has 7 nitrogen and oxygen atoms in total. The molecule has 0 fully saturated rings. The predicted molar refractivity (Wildman–Crippen MR) is 99.4 cm³/mol. The second-order valence-corrected chi connectivity index (χ2v) is 6.29. The van der Waals surface area contributed by atoms with Crippen molar-refractivity contribution in [1.82, 2.24) is 15.3 Å². The van der Waals surface area contributed by atoms with E-state index in [0.717, 1.165) is 6.92 Å². The fraction of sp³-hybridized carbons (Fsp3) is 0.368. The third-order valence-corrected chi connectivity index (χ3v) is 3.65. The minimum absolute atomic E-state index is 0.0739. The summed E-state index contributed by atoms with van der Waals surface area (Å²) >= 11 is 0. The molecule has 0 aliphatic heterocycles. The van der Waals surface area contributed by atoms with Gasteiger partial charge < -0.3 is 15.4 Å². The Morgan fingerprint density at radius 2 is 2.00 bits per heavy atom. The zero-order valence-corrected chi connectivity index (χ0v) is 15.8. The topological polar surface area (TPSA) is 93.2 Å². The zero-order chi connectivity index (χ0) is 20.7. The molecule has 0 spiro atoms. The third-order valence-electron chi connectivity index (χ3n) is 3.65. The standard InChI is InChI=1S/C19H22F2N4O3/c1-4-16(26)25-15-7-5-6-14(24-15)18(27)23-12(2)13-8-9-17(22-10-13)28-11-19(3,20)21/h5-10,12H,4,11H2,1-3H3,(H,23,27)(H,24,25,26). The van der Waals surface area contributed by atoms with Crippen LogP contribution in [0.3, 0.4) is 0 Å². The quantitative estimate of drug-likeness (QED) is 0.719. The number of hydrogen-bond donors (Lipinski definition) is 2. The van der Waals surface area contributed by atoms with Crippen molar-refractivity contribution in [1.29, 1.82) is 0 Å². The third kappa shape index (κ3) is 6.57. The number of aromatic nitrogens is 2. The molecule has 2 rings (SSSR count). The summed E-state index contributed by atoms with van der Waals surface area (Å²) in [5, 5.41) is 5.36. The molecule has 0 radical (unpaired) electrons. The minimum atomic E-state index is -2.94. The van der Waals surface area contributed by atoms with Crippen molar-refractivity contribution < 1.29 is 23.1 Å². The van der Waals surface area contributed by atoms with Crippen LogP contribution in [0.15, 0.2) is 36.5 Å². The first-order valence-corrected chi connectivity index (χ1v) is 8.72. The number of anilines is 1. The van der Waals surface area contributed by atoms with Crippen molar-refractivity contribution >= 4 is 17.6 Å². The van der Waals surface area contributed by atoms with Crippen LogP contribution in [0.1, 0.15) is 49.3 Å². The second kappa shape index (κ2) is 9.20. The lowest BCUT2D eigenvalue weighted by Crippen LogP contribution is -2.28. The SMILES string of the molecule is CCC(=O)Nc1cccc(C(=O)NC(C)c2ccc(OCC(C)(F)F)nc2)n1. The highest BCUT2D eigenvalue weighted by atomic mass is 19.3. The Morgan fingerprint density at radius 3 is 2.61 bits per heavy atom. The molecule has 0 aliphatic rings. The summed E-state index contributed by atoms with van der Waals surface area (Å²) in [6.45, 7) is 3.46. The molecule has 2 amide bonds. The predicted octanol–water partition coefficient (Wildman–Crippen LogP) is 3.35. The van der Waals surface area contributed by atoms with Gasteiger partial charge in [0.2, 0.25) is 11.8 Å². The average molecular weight is 392 g/mol. The van der Waals surface area contributed by atoms with Crippen LogP contribution in [0.2, 0.25) is 0 Å². The van der Waals surface area contributed by atoms with E-state index >= 15 is 0 Å². The maximum atomic E-state index is 12.8. The molecule has 1 unspecified atom stereocenters. The summed E-state index contributed by atoms with van der Waals surface area (Å²) in [5.41, 5.74) is 0.818. The van der Waals surface area contributed by atoms with Gasteiger partial charge in [-0.2, -0.15) is 0 Å². The number of hydrogen-bond acceptors (Lipinski definition) is 5. The van der Waals surface area contributed by atoms with E-state index in [0.29, 0.717) is 17.8 Å². The summed E-state index contributed by atoms with van der Waals surface area (Å²) in [5.74, 6) is -3.20. The molecule has 2 aromatic rings. The van der Waals surface area contributed by atoms with E-state index in [2.05, 4.69) is 20.6 Å². The average Bonchev–Trinajstić information content (AvgIpc) is 2.66.